The van der Waals surface area contributed by atoms with Crippen LogP contribution in [0.3, 0.4) is 0 Å². The van der Waals surface area contributed by atoms with E-state index >= 15 is 0 Å². The van der Waals surface area contributed by atoms with Gasteiger partial charge in [-0.25, -0.2) is 4.98 Å². The van der Waals surface area contributed by atoms with E-state index in [1.807, 2.05) is 41.4 Å². The highest BCUT2D eigenvalue weighted by Crippen LogP contribution is 2.32. The monoisotopic (exact) mass is 395 g/mol. The molecular formula is C22H22ClN3O2. The number of pyridine rings is 1. The van der Waals surface area contributed by atoms with Gasteiger partial charge < -0.3 is 9.32 Å². The third kappa shape index (κ3) is 3.80. The second kappa shape index (κ2) is 7.76. The highest BCUT2D eigenvalue weighted by molar-refractivity contribution is 6.30. The van der Waals surface area contributed by atoms with Gasteiger partial charge in [-0.15, -0.1) is 0 Å². The number of amides is 1. The average molecular weight is 396 g/mol. The summed E-state index contributed by atoms with van der Waals surface area (Å²) in [5, 5.41) is 0.736. The van der Waals surface area contributed by atoms with Gasteiger partial charge in [0.05, 0.1) is 17.4 Å². The van der Waals surface area contributed by atoms with E-state index in [9.17, 15) is 4.79 Å². The van der Waals surface area contributed by atoms with Crippen molar-refractivity contribution in [2.24, 2.45) is 0 Å². The highest BCUT2D eigenvalue weighted by atomic mass is 35.5. The topological polar surface area (TPSA) is 59.2 Å². The first-order chi connectivity index (χ1) is 13.5. The maximum Gasteiger partial charge on any atom is 0.292 e. The lowest BCUT2D eigenvalue weighted by Crippen LogP contribution is -2.31. The molecule has 4 rings (SSSR count). The Morgan fingerprint density at radius 1 is 1.18 bits per heavy atom. The van der Waals surface area contributed by atoms with Crippen LogP contribution in [0.4, 0.5) is 0 Å². The number of benzene rings is 1. The molecular weight excluding hydrogens is 374 g/mol. The SMILES string of the molecule is Cc1nc(C)c(C(=O)N2CCC[C@@H]2c2ccc(Cc3ccc(Cl)cc3)cn2)o1. The van der Waals surface area contributed by atoms with E-state index in [-0.39, 0.29) is 11.9 Å². The van der Waals surface area contributed by atoms with Crippen molar-refractivity contribution in [2.45, 2.75) is 39.2 Å². The number of aromatic nitrogens is 2. The van der Waals surface area contributed by atoms with Gasteiger partial charge in [0, 0.05) is 24.7 Å². The number of nitrogens with zero attached hydrogens (tertiary/aromatic N) is 3. The van der Waals surface area contributed by atoms with Crippen LogP contribution in [0, 0.1) is 13.8 Å². The molecule has 28 heavy (non-hydrogen) atoms. The third-order valence-corrected chi connectivity index (χ3v) is 5.37. The number of rotatable bonds is 4. The lowest BCUT2D eigenvalue weighted by molar-refractivity contribution is 0.0698. The summed E-state index contributed by atoms with van der Waals surface area (Å²) in [4.78, 5) is 23.7. The zero-order valence-corrected chi connectivity index (χ0v) is 16.7. The molecule has 0 unspecified atom stereocenters. The van der Waals surface area contributed by atoms with Crippen LogP contribution in [0.1, 0.15) is 57.8 Å². The molecule has 1 aliphatic rings. The van der Waals surface area contributed by atoms with Crippen LogP contribution in [-0.4, -0.2) is 27.3 Å². The molecule has 0 aliphatic carbocycles. The van der Waals surface area contributed by atoms with Gasteiger partial charge in [0.2, 0.25) is 5.76 Å². The molecule has 1 fully saturated rings. The largest absolute Gasteiger partial charge is 0.436 e. The van der Waals surface area contributed by atoms with Crippen molar-refractivity contribution in [3.8, 4) is 0 Å². The van der Waals surface area contributed by atoms with Crippen molar-refractivity contribution < 1.29 is 9.21 Å². The zero-order chi connectivity index (χ0) is 19.7. The number of aryl methyl sites for hydroxylation is 2. The molecule has 2 aromatic heterocycles. The Kier molecular flexibility index (Phi) is 5.18. The molecule has 0 radical (unpaired) electrons. The number of oxazole rings is 1. The first kappa shape index (κ1) is 18.7. The van der Waals surface area contributed by atoms with E-state index in [1.165, 1.54) is 5.56 Å². The molecule has 1 aliphatic heterocycles. The van der Waals surface area contributed by atoms with Crippen molar-refractivity contribution in [1.82, 2.24) is 14.9 Å². The van der Waals surface area contributed by atoms with Gasteiger partial charge in [-0.05, 0) is 55.5 Å². The van der Waals surface area contributed by atoms with Gasteiger partial charge in [-0.1, -0.05) is 29.8 Å². The minimum atomic E-state index is -0.104. The number of carbonyl (C=O) groups is 1. The second-order valence-corrected chi connectivity index (χ2v) is 7.63. The van der Waals surface area contributed by atoms with Crippen LogP contribution in [0.15, 0.2) is 47.0 Å². The molecule has 0 spiro atoms. The molecule has 6 heteroatoms. The average Bonchev–Trinajstić information content (AvgIpc) is 3.30. The molecule has 5 nitrogen and oxygen atoms in total. The standard InChI is InChI=1S/C22H22ClN3O2/c1-14-21(28-15(2)25-14)22(27)26-11-3-4-20(26)19-10-7-17(13-24-19)12-16-5-8-18(23)9-6-16/h5-10,13,20H,3-4,11-12H2,1-2H3/t20-/m1/s1. The van der Waals surface area contributed by atoms with E-state index in [0.717, 1.165) is 35.5 Å². The minimum Gasteiger partial charge on any atom is -0.436 e. The zero-order valence-electron chi connectivity index (χ0n) is 16.0. The van der Waals surface area contributed by atoms with Crippen LogP contribution in [0.2, 0.25) is 5.02 Å². The molecule has 3 aromatic rings. The first-order valence-electron chi connectivity index (χ1n) is 9.45. The second-order valence-electron chi connectivity index (χ2n) is 7.20. The van der Waals surface area contributed by atoms with E-state index in [1.54, 1.807) is 13.8 Å². The van der Waals surface area contributed by atoms with Crippen molar-refractivity contribution in [1.29, 1.82) is 0 Å². The maximum atomic E-state index is 13.0. The van der Waals surface area contributed by atoms with Crippen LogP contribution >= 0.6 is 11.6 Å². The van der Waals surface area contributed by atoms with Gasteiger partial charge in [-0.3, -0.25) is 9.78 Å². The van der Waals surface area contributed by atoms with Crippen molar-refractivity contribution in [2.75, 3.05) is 6.54 Å². The van der Waals surface area contributed by atoms with Crippen molar-refractivity contribution in [3.63, 3.8) is 0 Å². The summed E-state index contributed by atoms with van der Waals surface area (Å²) >= 11 is 5.95. The number of hydrogen-bond acceptors (Lipinski definition) is 4. The summed E-state index contributed by atoms with van der Waals surface area (Å²) in [6, 6.07) is 11.9. The van der Waals surface area contributed by atoms with Gasteiger partial charge in [0.1, 0.15) is 0 Å². The van der Waals surface area contributed by atoms with Crippen LogP contribution < -0.4 is 0 Å². The number of hydrogen-bond donors (Lipinski definition) is 0. The van der Waals surface area contributed by atoms with Crippen molar-refractivity contribution >= 4 is 17.5 Å². The Bertz CT molecular complexity index is 980. The predicted octanol–water partition coefficient (Wildman–Crippen LogP) is 4.91. The Balaban J connectivity index is 1.50. The Morgan fingerprint density at radius 3 is 2.57 bits per heavy atom. The van der Waals surface area contributed by atoms with E-state index in [0.29, 0.717) is 23.9 Å². The summed E-state index contributed by atoms with van der Waals surface area (Å²) in [5.41, 5.74) is 3.87. The Hall–Kier alpha value is -2.66. The fraction of sp³-hybridized carbons (Fsp3) is 0.318. The number of carbonyl (C=O) groups excluding carboxylic acids is 1. The molecule has 0 bridgehead atoms. The number of halogens is 1. The predicted molar refractivity (Wildman–Crippen MR) is 107 cm³/mol. The van der Waals surface area contributed by atoms with E-state index < -0.39 is 0 Å². The Morgan fingerprint density at radius 2 is 1.93 bits per heavy atom. The van der Waals surface area contributed by atoms with Gasteiger partial charge in [0.25, 0.3) is 5.91 Å². The van der Waals surface area contributed by atoms with E-state index in [4.69, 9.17) is 16.0 Å². The fourth-order valence-corrected chi connectivity index (χ4v) is 3.88. The van der Waals surface area contributed by atoms with E-state index in [2.05, 4.69) is 16.0 Å². The summed E-state index contributed by atoms with van der Waals surface area (Å²) < 4.78 is 5.53. The van der Waals surface area contributed by atoms with Gasteiger partial charge in [-0.2, -0.15) is 0 Å². The summed E-state index contributed by atoms with van der Waals surface area (Å²) in [5.74, 6) is 0.748. The van der Waals surface area contributed by atoms with Gasteiger partial charge >= 0.3 is 0 Å². The maximum absolute atomic E-state index is 13.0. The molecule has 144 valence electrons. The third-order valence-electron chi connectivity index (χ3n) is 5.12. The van der Waals surface area contributed by atoms with Crippen LogP contribution in [-0.2, 0) is 6.42 Å². The normalized spacial score (nSPS) is 16.5. The molecule has 1 atom stereocenters. The first-order valence-corrected chi connectivity index (χ1v) is 9.83. The minimum absolute atomic E-state index is 0.0260. The molecule has 3 heterocycles. The molecule has 0 saturated carbocycles. The number of likely N-dealkylation sites (tertiary alicyclic amines) is 1. The molecule has 1 aromatic carbocycles. The van der Waals surface area contributed by atoms with Crippen LogP contribution in [0.25, 0.3) is 0 Å². The summed E-state index contributed by atoms with van der Waals surface area (Å²) in [6.07, 6.45) is 4.56. The van der Waals surface area contributed by atoms with Crippen molar-refractivity contribution in [3.05, 3.63) is 81.8 Å². The molecule has 0 N–H and O–H groups in total. The lowest BCUT2D eigenvalue weighted by atomic mass is 10.0. The smallest absolute Gasteiger partial charge is 0.292 e. The van der Waals surface area contributed by atoms with Crippen LogP contribution in [0.5, 0.6) is 0 Å². The molecule has 1 amide bonds. The Labute approximate surface area is 169 Å². The van der Waals surface area contributed by atoms with Gasteiger partial charge in [0.15, 0.2) is 5.89 Å². The summed E-state index contributed by atoms with van der Waals surface area (Å²) in [7, 11) is 0. The lowest BCUT2D eigenvalue weighted by Gasteiger charge is -2.23. The highest BCUT2D eigenvalue weighted by Gasteiger charge is 2.34. The quantitative estimate of drug-likeness (QED) is 0.629. The fourth-order valence-electron chi connectivity index (χ4n) is 3.75. The summed E-state index contributed by atoms with van der Waals surface area (Å²) in [6.45, 7) is 4.27. The molecule has 1 saturated heterocycles.